The van der Waals surface area contributed by atoms with Gasteiger partial charge in [0.15, 0.2) is 0 Å². The zero-order chi connectivity index (χ0) is 24.7. The van der Waals surface area contributed by atoms with E-state index in [1.807, 2.05) is 0 Å². The van der Waals surface area contributed by atoms with Crippen LogP contribution in [0.1, 0.15) is 81.5 Å². The van der Waals surface area contributed by atoms with Gasteiger partial charge in [-0.25, -0.2) is 0 Å². The molecule has 4 nitrogen and oxygen atoms in total. The maximum Gasteiger partial charge on any atom is 0.255 e. The van der Waals surface area contributed by atoms with Crippen molar-refractivity contribution in [2.75, 3.05) is 13.6 Å². The standard InChI is InChI=1S/C30H42N2O2/c1-3-4-5-6-7-8-9-10-11-12-13-14-15-16-17-18-19-23-29(33)24-21-26-32(2)30(34)28-22-20-25-31-27-28/h4-5,7-8,10-11,13-14,16-17,20,22,25,27H,3,6,9,12,15,18-19,21,23-24,26H2,1-2H3/b5-4-,8-7-,11-10-,14-13-,17-16-. The molecule has 1 aromatic heterocycles. The average molecular weight is 463 g/mol. The Morgan fingerprint density at radius 1 is 0.824 bits per heavy atom. The second kappa shape index (κ2) is 20.6. The van der Waals surface area contributed by atoms with Gasteiger partial charge >= 0.3 is 0 Å². The number of carbonyl (C=O) groups is 2. The molecule has 0 aliphatic heterocycles. The van der Waals surface area contributed by atoms with E-state index in [4.69, 9.17) is 0 Å². The molecule has 0 spiro atoms. The van der Waals surface area contributed by atoms with E-state index in [0.29, 0.717) is 31.4 Å². The number of allylic oxidation sites excluding steroid dienone is 10. The van der Waals surface area contributed by atoms with Crippen LogP contribution in [0.3, 0.4) is 0 Å². The number of hydrogen-bond donors (Lipinski definition) is 0. The minimum Gasteiger partial charge on any atom is -0.342 e. The third-order valence-corrected chi connectivity index (χ3v) is 5.19. The summed E-state index contributed by atoms with van der Waals surface area (Å²) in [4.78, 5) is 29.9. The molecule has 1 rings (SSSR count). The van der Waals surface area contributed by atoms with Crippen LogP contribution in [0.25, 0.3) is 0 Å². The van der Waals surface area contributed by atoms with Gasteiger partial charge in [0, 0.05) is 38.8 Å². The molecule has 0 aromatic carbocycles. The molecule has 0 saturated carbocycles. The lowest BCUT2D eigenvalue weighted by Crippen LogP contribution is -2.28. The monoisotopic (exact) mass is 462 g/mol. The van der Waals surface area contributed by atoms with Gasteiger partial charge in [-0.05, 0) is 63.5 Å². The molecular weight excluding hydrogens is 420 g/mol. The van der Waals surface area contributed by atoms with E-state index in [0.717, 1.165) is 44.9 Å². The lowest BCUT2D eigenvalue weighted by molar-refractivity contribution is -0.119. The van der Waals surface area contributed by atoms with E-state index < -0.39 is 0 Å². The lowest BCUT2D eigenvalue weighted by atomic mass is 10.1. The molecule has 0 aliphatic rings. The fourth-order valence-corrected chi connectivity index (χ4v) is 3.24. The molecule has 184 valence electrons. The Hall–Kier alpha value is -3.01. The predicted molar refractivity (Wildman–Crippen MR) is 144 cm³/mol. The molecule has 0 bridgehead atoms. The van der Waals surface area contributed by atoms with Gasteiger partial charge in [0.05, 0.1) is 5.56 Å². The van der Waals surface area contributed by atoms with Gasteiger partial charge in [-0.3, -0.25) is 14.6 Å². The first kappa shape index (κ1) is 29.0. The highest BCUT2D eigenvalue weighted by atomic mass is 16.2. The first-order chi connectivity index (χ1) is 16.6. The van der Waals surface area contributed by atoms with Crippen molar-refractivity contribution in [2.45, 2.75) is 71.1 Å². The van der Waals surface area contributed by atoms with E-state index >= 15 is 0 Å². The Morgan fingerprint density at radius 2 is 1.38 bits per heavy atom. The molecular formula is C30H42N2O2. The minimum atomic E-state index is -0.0565. The van der Waals surface area contributed by atoms with Crippen LogP contribution in [0.15, 0.2) is 85.3 Å². The van der Waals surface area contributed by atoms with Crippen LogP contribution >= 0.6 is 0 Å². The van der Waals surface area contributed by atoms with Crippen LogP contribution in [0.5, 0.6) is 0 Å². The van der Waals surface area contributed by atoms with Crippen molar-refractivity contribution in [3.63, 3.8) is 0 Å². The third-order valence-electron chi connectivity index (χ3n) is 5.19. The molecule has 0 N–H and O–H groups in total. The van der Waals surface area contributed by atoms with Gasteiger partial charge in [-0.1, -0.05) is 67.7 Å². The molecule has 1 aromatic rings. The zero-order valence-corrected chi connectivity index (χ0v) is 21.1. The van der Waals surface area contributed by atoms with Gasteiger partial charge in [0.25, 0.3) is 5.91 Å². The topological polar surface area (TPSA) is 50.3 Å². The number of hydrogen-bond acceptors (Lipinski definition) is 3. The third kappa shape index (κ3) is 15.7. The van der Waals surface area contributed by atoms with Crippen molar-refractivity contribution < 1.29 is 9.59 Å². The summed E-state index contributed by atoms with van der Waals surface area (Å²) in [5.74, 6) is 0.216. The number of nitrogens with zero attached hydrogens (tertiary/aromatic N) is 2. The van der Waals surface area contributed by atoms with Gasteiger partial charge in [0.1, 0.15) is 5.78 Å². The van der Waals surface area contributed by atoms with Crippen LogP contribution < -0.4 is 0 Å². The summed E-state index contributed by atoms with van der Waals surface area (Å²) in [5.41, 5.74) is 0.577. The number of carbonyl (C=O) groups excluding carboxylic acids is 2. The largest absolute Gasteiger partial charge is 0.342 e. The van der Waals surface area contributed by atoms with E-state index in [2.05, 4.69) is 72.7 Å². The lowest BCUT2D eigenvalue weighted by Gasteiger charge is -2.16. The molecule has 0 fully saturated rings. The number of rotatable bonds is 18. The predicted octanol–water partition coefficient (Wildman–Crippen LogP) is 7.42. The van der Waals surface area contributed by atoms with Gasteiger partial charge in [-0.15, -0.1) is 0 Å². The number of Topliss-reactive ketones (excluding diaryl/α,β-unsaturated/α-hetero) is 1. The number of amides is 1. The van der Waals surface area contributed by atoms with Crippen molar-refractivity contribution >= 4 is 11.7 Å². The van der Waals surface area contributed by atoms with Crippen molar-refractivity contribution in [3.8, 4) is 0 Å². The first-order valence-electron chi connectivity index (χ1n) is 12.6. The Labute approximate surface area is 206 Å². The molecule has 1 amide bonds. The Kier molecular flexibility index (Phi) is 17.6. The Balaban J connectivity index is 2.00. The van der Waals surface area contributed by atoms with Crippen LogP contribution in [0.4, 0.5) is 0 Å². The molecule has 4 heteroatoms. The van der Waals surface area contributed by atoms with E-state index in [1.165, 1.54) is 0 Å². The first-order valence-corrected chi connectivity index (χ1v) is 12.6. The van der Waals surface area contributed by atoms with E-state index in [9.17, 15) is 9.59 Å². The maximum atomic E-state index is 12.2. The summed E-state index contributed by atoms with van der Waals surface area (Å²) in [6.07, 6.45) is 33.8. The summed E-state index contributed by atoms with van der Waals surface area (Å²) in [6, 6.07) is 3.51. The van der Waals surface area contributed by atoms with Crippen LogP contribution in [-0.2, 0) is 4.79 Å². The van der Waals surface area contributed by atoms with Crippen molar-refractivity contribution in [1.82, 2.24) is 9.88 Å². The molecule has 0 unspecified atom stereocenters. The molecule has 0 saturated heterocycles. The highest BCUT2D eigenvalue weighted by Gasteiger charge is 2.11. The highest BCUT2D eigenvalue weighted by molar-refractivity contribution is 5.93. The van der Waals surface area contributed by atoms with Gasteiger partial charge in [-0.2, -0.15) is 0 Å². The number of aromatic nitrogens is 1. The maximum absolute atomic E-state index is 12.2. The van der Waals surface area contributed by atoms with Crippen LogP contribution in [-0.4, -0.2) is 35.2 Å². The second-order valence-corrected chi connectivity index (χ2v) is 8.21. The van der Waals surface area contributed by atoms with E-state index in [-0.39, 0.29) is 11.7 Å². The molecule has 0 radical (unpaired) electrons. The fourth-order valence-electron chi connectivity index (χ4n) is 3.24. The summed E-state index contributed by atoms with van der Waals surface area (Å²) in [5, 5.41) is 0. The van der Waals surface area contributed by atoms with Crippen molar-refractivity contribution in [1.29, 1.82) is 0 Å². The number of pyridine rings is 1. The number of ketones is 1. The summed E-state index contributed by atoms with van der Waals surface area (Å²) >= 11 is 0. The summed E-state index contributed by atoms with van der Waals surface area (Å²) in [6.45, 7) is 2.73. The fraction of sp³-hybridized carbons (Fsp3) is 0.433. The zero-order valence-electron chi connectivity index (χ0n) is 21.1. The molecule has 0 atom stereocenters. The normalized spacial score (nSPS) is 12.2. The second-order valence-electron chi connectivity index (χ2n) is 8.21. The minimum absolute atomic E-state index is 0.0565. The number of unbranched alkanes of at least 4 members (excludes halogenated alkanes) is 1. The van der Waals surface area contributed by atoms with Crippen LogP contribution in [0.2, 0.25) is 0 Å². The Bertz CT molecular complexity index is 819. The Morgan fingerprint density at radius 3 is 1.94 bits per heavy atom. The smallest absolute Gasteiger partial charge is 0.255 e. The molecule has 0 aliphatic carbocycles. The quantitative estimate of drug-likeness (QED) is 0.168. The molecule has 1 heterocycles. The summed E-state index contributed by atoms with van der Waals surface area (Å²) in [7, 11) is 1.77. The van der Waals surface area contributed by atoms with Crippen molar-refractivity contribution in [2.24, 2.45) is 0 Å². The highest BCUT2D eigenvalue weighted by Crippen LogP contribution is 2.06. The van der Waals surface area contributed by atoms with E-state index in [1.54, 1.807) is 36.5 Å². The molecule has 34 heavy (non-hydrogen) atoms. The SMILES string of the molecule is CC/C=C\C/C=C\C/C=C\C/C=C\C/C=C\CCCC(=O)CCCN(C)C(=O)c1cccnc1. The van der Waals surface area contributed by atoms with Crippen molar-refractivity contribution in [3.05, 3.63) is 90.9 Å². The average Bonchev–Trinajstić information content (AvgIpc) is 2.86. The van der Waals surface area contributed by atoms with Crippen LogP contribution in [0, 0.1) is 0 Å². The van der Waals surface area contributed by atoms with Gasteiger partial charge < -0.3 is 4.90 Å². The summed E-state index contributed by atoms with van der Waals surface area (Å²) < 4.78 is 0. The van der Waals surface area contributed by atoms with Gasteiger partial charge in [0.2, 0.25) is 0 Å².